The molecular weight excluding hydrogens is 281 g/mol. The van der Waals surface area contributed by atoms with Crippen LogP contribution in [0.1, 0.15) is 11.1 Å². The van der Waals surface area contributed by atoms with Crippen molar-refractivity contribution < 1.29 is 4.74 Å². The quantitative estimate of drug-likeness (QED) is 0.864. The van der Waals surface area contributed by atoms with Crippen molar-refractivity contribution in [2.45, 2.75) is 13.5 Å². The maximum atomic E-state index is 6.09. The molecule has 0 bridgehead atoms. The lowest BCUT2D eigenvalue weighted by atomic mass is 10.1. The third kappa shape index (κ3) is 3.55. The van der Waals surface area contributed by atoms with Crippen molar-refractivity contribution in [2.24, 2.45) is 0 Å². The van der Waals surface area contributed by atoms with E-state index in [1.165, 1.54) is 0 Å². The Morgan fingerprint density at radius 1 is 1.11 bits per heavy atom. The molecule has 4 heteroatoms. The molecule has 0 amide bonds. The molecule has 0 atom stereocenters. The van der Waals surface area contributed by atoms with Gasteiger partial charge in [-0.25, -0.2) is 0 Å². The van der Waals surface area contributed by atoms with E-state index in [1.54, 1.807) is 7.11 Å². The molecule has 2 aromatic carbocycles. The second-order valence-corrected chi connectivity index (χ2v) is 5.13. The zero-order valence-electron chi connectivity index (χ0n) is 10.8. The molecule has 0 unspecified atom stereocenters. The number of halogens is 2. The lowest BCUT2D eigenvalue weighted by Crippen LogP contribution is -2.01. The highest BCUT2D eigenvalue weighted by molar-refractivity contribution is 6.32. The molecule has 2 aromatic rings. The highest BCUT2D eigenvalue weighted by Crippen LogP contribution is 2.26. The van der Waals surface area contributed by atoms with Crippen LogP contribution in [0.25, 0.3) is 0 Å². The fourth-order valence-electron chi connectivity index (χ4n) is 1.84. The number of ether oxygens (including phenoxy) is 1. The van der Waals surface area contributed by atoms with Crippen LogP contribution in [0.15, 0.2) is 36.4 Å². The maximum absolute atomic E-state index is 6.09. The van der Waals surface area contributed by atoms with Crippen molar-refractivity contribution in [1.82, 2.24) is 0 Å². The molecule has 19 heavy (non-hydrogen) atoms. The molecule has 0 saturated carbocycles. The summed E-state index contributed by atoms with van der Waals surface area (Å²) < 4.78 is 5.13. The van der Waals surface area contributed by atoms with Crippen molar-refractivity contribution in [3.05, 3.63) is 57.6 Å². The van der Waals surface area contributed by atoms with Crippen LogP contribution >= 0.6 is 23.2 Å². The highest BCUT2D eigenvalue weighted by Gasteiger charge is 2.03. The summed E-state index contributed by atoms with van der Waals surface area (Å²) in [7, 11) is 1.61. The largest absolute Gasteiger partial charge is 0.495 e. The number of nitrogens with one attached hydrogen (secondary N) is 1. The Morgan fingerprint density at radius 2 is 1.89 bits per heavy atom. The molecule has 0 aliphatic rings. The molecule has 0 aliphatic heterocycles. The van der Waals surface area contributed by atoms with Crippen LogP contribution in [-0.4, -0.2) is 7.11 Å². The lowest BCUT2D eigenvalue weighted by molar-refractivity contribution is 0.415. The summed E-state index contributed by atoms with van der Waals surface area (Å²) in [5.74, 6) is 0.688. The molecule has 2 nitrogen and oxygen atoms in total. The monoisotopic (exact) mass is 295 g/mol. The summed E-state index contributed by atoms with van der Waals surface area (Å²) in [6, 6.07) is 11.5. The average molecular weight is 296 g/mol. The Hall–Kier alpha value is -1.38. The van der Waals surface area contributed by atoms with Crippen molar-refractivity contribution in [3.63, 3.8) is 0 Å². The summed E-state index contributed by atoms with van der Waals surface area (Å²) in [6.45, 7) is 2.72. The van der Waals surface area contributed by atoms with E-state index in [4.69, 9.17) is 27.9 Å². The third-order valence-corrected chi connectivity index (χ3v) is 3.42. The number of aryl methyl sites for hydroxylation is 1. The van der Waals surface area contributed by atoms with Gasteiger partial charge in [0, 0.05) is 17.3 Å². The minimum Gasteiger partial charge on any atom is -0.495 e. The average Bonchev–Trinajstić information content (AvgIpc) is 2.38. The predicted molar refractivity (Wildman–Crippen MR) is 81.5 cm³/mol. The van der Waals surface area contributed by atoms with E-state index in [2.05, 4.69) is 5.32 Å². The van der Waals surface area contributed by atoms with Gasteiger partial charge in [-0.1, -0.05) is 29.3 Å². The number of hydrogen-bond donors (Lipinski definition) is 1. The van der Waals surface area contributed by atoms with Gasteiger partial charge < -0.3 is 10.1 Å². The van der Waals surface area contributed by atoms with Gasteiger partial charge in [0.2, 0.25) is 0 Å². The Balaban J connectivity index is 2.08. The molecule has 1 N–H and O–H groups in total. The lowest BCUT2D eigenvalue weighted by Gasteiger charge is -2.11. The molecule has 0 fully saturated rings. The van der Waals surface area contributed by atoms with Crippen LogP contribution in [0.3, 0.4) is 0 Å². The number of anilines is 1. The molecule has 0 aromatic heterocycles. The van der Waals surface area contributed by atoms with Crippen LogP contribution in [0.2, 0.25) is 10.0 Å². The van der Waals surface area contributed by atoms with E-state index in [1.807, 2.05) is 43.3 Å². The predicted octanol–water partition coefficient (Wildman–Crippen LogP) is 4.92. The molecular formula is C15H15Cl2NO. The number of benzene rings is 2. The first-order valence-electron chi connectivity index (χ1n) is 5.92. The molecule has 0 heterocycles. The minimum absolute atomic E-state index is 0.620. The van der Waals surface area contributed by atoms with Crippen molar-refractivity contribution >= 4 is 28.9 Å². The number of rotatable bonds is 4. The summed E-state index contributed by atoms with van der Waals surface area (Å²) in [6.07, 6.45) is 0. The van der Waals surface area contributed by atoms with Crippen LogP contribution < -0.4 is 10.1 Å². The first-order valence-corrected chi connectivity index (χ1v) is 6.68. The van der Waals surface area contributed by atoms with Gasteiger partial charge in [-0.15, -0.1) is 0 Å². The molecule has 0 saturated heterocycles. The molecule has 0 spiro atoms. The molecule has 2 rings (SSSR count). The van der Waals surface area contributed by atoms with E-state index in [9.17, 15) is 0 Å². The Labute approximate surface area is 123 Å². The van der Waals surface area contributed by atoms with Gasteiger partial charge in [0.15, 0.2) is 0 Å². The van der Waals surface area contributed by atoms with Crippen LogP contribution in [0.5, 0.6) is 5.75 Å². The molecule has 0 radical (unpaired) electrons. The van der Waals surface area contributed by atoms with E-state index in [-0.39, 0.29) is 0 Å². The Morgan fingerprint density at radius 3 is 2.53 bits per heavy atom. The summed E-state index contributed by atoms with van der Waals surface area (Å²) in [4.78, 5) is 0. The highest BCUT2D eigenvalue weighted by atomic mass is 35.5. The van der Waals surface area contributed by atoms with Gasteiger partial charge in [0.05, 0.1) is 12.1 Å². The van der Waals surface area contributed by atoms with E-state index < -0.39 is 0 Å². The van der Waals surface area contributed by atoms with Gasteiger partial charge in [-0.05, 0) is 48.4 Å². The first kappa shape index (κ1) is 14.0. The minimum atomic E-state index is 0.620. The molecule has 0 aliphatic carbocycles. The van der Waals surface area contributed by atoms with Crippen molar-refractivity contribution in [3.8, 4) is 5.75 Å². The molecule has 100 valence electrons. The fourth-order valence-corrected chi connectivity index (χ4v) is 2.35. The summed E-state index contributed by atoms with van der Waals surface area (Å²) >= 11 is 12.0. The maximum Gasteiger partial charge on any atom is 0.137 e. The van der Waals surface area contributed by atoms with E-state index in [0.717, 1.165) is 21.8 Å². The topological polar surface area (TPSA) is 21.3 Å². The smallest absolute Gasteiger partial charge is 0.137 e. The van der Waals surface area contributed by atoms with Crippen LogP contribution in [-0.2, 0) is 6.54 Å². The first-order chi connectivity index (χ1) is 9.10. The Kier molecular flexibility index (Phi) is 4.56. The second kappa shape index (κ2) is 6.18. The van der Waals surface area contributed by atoms with Crippen LogP contribution in [0.4, 0.5) is 5.69 Å². The van der Waals surface area contributed by atoms with Gasteiger partial charge in [0.1, 0.15) is 5.75 Å². The second-order valence-electron chi connectivity index (χ2n) is 4.28. The standard InChI is InChI=1S/C15H15Cl2NO/c1-10-7-12(16)4-5-14(10)18-9-11-3-6-15(19-2)13(17)8-11/h3-8,18H,9H2,1-2H3. The third-order valence-electron chi connectivity index (χ3n) is 2.89. The summed E-state index contributed by atoms with van der Waals surface area (Å²) in [5, 5.41) is 4.73. The number of hydrogen-bond acceptors (Lipinski definition) is 2. The van der Waals surface area contributed by atoms with Gasteiger partial charge in [-0.3, -0.25) is 0 Å². The SMILES string of the molecule is COc1ccc(CNc2ccc(Cl)cc2C)cc1Cl. The summed E-state index contributed by atoms with van der Waals surface area (Å²) in [5.41, 5.74) is 3.28. The fraction of sp³-hybridized carbons (Fsp3) is 0.200. The van der Waals surface area contributed by atoms with Gasteiger partial charge in [0.25, 0.3) is 0 Å². The van der Waals surface area contributed by atoms with Crippen LogP contribution in [0, 0.1) is 6.92 Å². The zero-order chi connectivity index (χ0) is 13.8. The van der Waals surface area contributed by atoms with E-state index in [0.29, 0.717) is 17.3 Å². The van der Waals surface area contributed by atoms with Crippen molar-refractivity contribution in [1.29, 1.82) is 0 Å². The van der Waals surface area contributed by atoms with Gasteiger partial charge in [-0.2, -0.15) is 0 Å². The van der Waals surface area contributed by atoms with E-state index >= 15 is 0 Å². The normalized spacial score (nSPS) is 10.3. The number of methoxy groups -OCH3 is 1. The zero-order valence-corrected chi connectivity index (χ0v) is 12.3. The Bertz CT molecular complexity index is 584. The van der Waals surface area contributed by atoms with Gasteiger partial charge >= 0.3 is 0 Å². The van der Waals surface area contributed by atoms with Crippen molar-refractivity contribution in [2.75, 3.05) is 12.4 Å².